The molecule has 1 aromatic carbocycles. The van der Waals surface area contributed by atoms with Crippen molar-refractivity contribution in [1.82, 2.24) is 15.5 Å². The van der Waals surface area contributed by atoms with Crippen molar-refractivity contribution >= 4 is 29.3 Å². The van der Waals surface area contributed by atoms with E-state index in [0.29, 0.717) is 28.8 Å². The number of benzene rings is 1. The van der Waals surface area contributed by atoms with Crippen LogP contribution in [0.3, 0.4) is 0 Å². The Balaban J connectivity index is 1.30. The summed E-state index contributed by atoms with van der Waals surface area (Å²) in [4.78, 5) is 25.1. The average molecular weight is 497 g/mol. The first-order valence-corrected chi connectivity index (χ1v) is 13.4. The highest BCUT2D eigenvalue weighted by Gasteiger charge is 2.14. The lowest BCUT2D eigenvalue weighted by molar-refractivity contribution is -0.697. The highest BCUT2D eigenvalue weighted by Crippen LogP contribution is 2.17. The van der Waals surface area contributed by atoms with E-state index in [9.17, 15) is 9.59 Å². The van der Waals surface area contributed by atoms with Crippen LogP contribution >= 0.6 is 11.8 Å². The Morgan fingerprint density at radius 3 is 2.37 bits per heavy atom. The highest BCUT2D eigenvalue weighted by molar-refractivity contribution is 7.98. The zero-order valence-corrected chi connectivity index (χ0v) is 21.1. The summed E-state index contributed by atoms with van der Waals surface area (Å²) in [6, 6.07) is 13.1. The summed E-state index contributed by atoms with van der Waals surface area (Å²) in [7, 11) is 0. The molecule has 8 nitrogen and oxygen atoms in total. The monoisotopic (exact) mass is 496 g/mol. The second-order valence-corrected chi connectivity index (χ2v) is 9.04. The number of nitrogens with one attached hydrogen (secondary N) is 2. The maximum Gasteiger partial charge on any atom is 0.276 e. The van der Waals surface area contributed by atoms with Crippen LogP contribution in [0.4, 0.5) is 5.69 Å². The fourth-order valence-electron chi connectivity index (χ4n) is 3.69. The molecule has 3 aromatic rings. The van der Waals surface area contributed by atoms with Gasteiger partial charge in [-0.3, -0.25) is 9.59 Å². The smallest absolute Gasteiger partial charge is 0.276 e. The second-order valence-electron chi connectivity index (χ2n) is 8.28. The lowest BCUT2D eigenvalue weighted by Gasteiger charge is -2.11. The van der Waals surface area contributed by atoms with Gasteiger partial charge in [-0.25, -0.2) is 4.57 Å². The topological polar surface area (TPSA) is 101 Å². The maximum absolute atomic E-state index is 12.6. The number of thioether (sulfide) groups is 1. The van der Waals surface area contributed by atoms with Crippen LogP contribution in [-0.2, 0) is 17.9 Å². The Labute approximate surface area is 210 Å². The zero-order valence-electron chi connectivity index (χ0n) is 20.2. The number of aryl methyl sites for hydroxylation is 1. The molecule has 0 atom stereocenters. The summed E-state index contributed by atoms with van der Waals surface area (Å²) in [5.41, 5.74) is 0.903. The van der Waals surface area contributed by atoms with Crippen LogP contribution in [0.1, 0.15) is 67.6 Å². The fourth-order valence-corrected chi connectivity index (χ4v) is 4.00. The summed E-state index contributed by atoms with van der Waals surface area (Å²) in [5.74, 6) is -0.0542. The summed E-state index contributed by atoms with van der Waals surface area (Å²) < 4.78 is 7.60. The van der Waals surface area contributed by atoms with E-state index in [1.807, 2.05) is 12.3 Å². The summed E-state index contributed by atoms with van der Waals surface area (Å²) in [6.07, 6.45) is 14.3. The molecule has 2 heterocycles. The van der Waals surface area contributed by atoms with E-state index in [4.69, 9.17) is 4.42 Å². The van der Waals surface area contributed by atoms with Crippen LogP contribution in [0, 0.1) is 0 Å². The van der Waals surface area contributed by atoms with Crippen LogP contribution in [0.15, 0.2) is 64.5 Å². The van der Waals surface area contributed by atoms with Crippen molar-refractivity contribution < 1.29 is 18.6 Å². The van der Waals surface area contributed by atoms with Crippen LogP contribution in [0.25, 0.3) is 0 Å². The second kappa shape index (κ2) is 14.9. The molecule has 35 heavy (non-hydrogen) atoms. The Morgan fingerprint density at radius 2 is 1.63 bits per heavy atom. The number of carbonyl (C=O) groups excluding carboxylic acids is 2. The highest BCUT2D eigenvalue weighted by atomic mass is 32.2. The van der Waals surface area contributed by atoms with Crippen molar-refractivity contribution in [3.63, 3.8) is 0 Å². The Kier molecular flexibility index (Phi) is 11.3. The normalized spacial score (nSPS) is 10.8. The number of hydrogen-bond acceptors (Lipinski definition) is 6. The number of nitrogens with zero attached hydrogens (tertiary/aromatic N) is 3. The van der Waals surface area contributed by atoms with Crippen LogP contribution in [0.5, 0.6) is 0 Å². The lowest BCUT2D eigenvalue weighted by Crippen LogP contribution is -2.32. The van der Waals surface area contributed by atoms with Gasteiger partial charge in [-0.15, -0.1) is 10.2 Å². The molecule has 0 bridgehead atoms. The summed E-state index contributed by atoms with van der Waals surface area (Å²) >= 11 is 1.34. The van der Waals surface area contributed by atoms with Gasteiger partial charge in [0.1, 0.15) is 6.54 Å². The molecule has 9 heteroatoms. The van der Waals surface area contributed by atoms with Gasteiger partial charge in [0.15, 0.2) is 12.4 Å². The molecule has 3 rings (SSSR count). The maximum atomic E-state index is 12.6. The van der Waals surface area contributed by atoms with Gasteiger partial charge in [-0.1, -0.05) is 55.6 Å². The Morgan fingerprint density at radius 1 is 0.914 bits per heavy atom. The number of carbonyl (C=O) groups is 2. The van der Waals surface area contributed by atoms with Crippen molar-refractivity contribution in [2.24, 2.45) is 0 Å². The molecule has 0 aliphatic carbocycles. The molecular weight excluding hydrogens is 462 g/mol. The quantitative estimate of drug-likeness (QED) is 0.179. The molecule has 0 aliphatic rings. The van der Waals surface area contributed by atoms with Gasteiger partial charge in [0.2, 0.25) is 11.8 Å². The number of para-hydroxylation sites is 1. The van der Waals surface area contributed by atoms with Crippen LogP contribution in [-0.4, -0.2) is 28.3 Å². The van der Waals surface area contributed by atoms with E-state index in [1.54, 1.807) is 24.3 Å². The van der Waals surface area contributed by atoms with E-state index in [0.717, 1.165) is 25.8 Å². The first-order valence-electron chi connectivity index (χ1n) is 12.1. The van der Waals surface area contributed by atoms with Gasteiger partial charge >= 0.3 is 0 Å². The predicted octanol–water partition coefficient (Wildman–Crippen LogP) is 4.77. The summed E-state index contributed by atoms with van der Waals surface area (Å²) in [5, 5.41) is 13.8. The van der Waals surface area contributed by atoms with E-state index >= 15 is 0 Å². The van der Waals surface area contributed by atoms with Crippen molar-refractivity contribution in [1.29, 1.82) is 0 Å². The van der Waals surface area contributed by atoms with E-state index < -0.39 is 0 Å². The van der Waals surface area contributed by atoms with E-state index in [1.165, 1.54) is 37.4 Å². The number of pyridine rings is 1. The lowest BCUT2D eigenvalue weighted by atomic mass is 10.1. The minimum atomic E-state index is -0.310. The number of rotatable bonds is 15. The van der Waals surface area contributed by atoms with Crippen molar-refractivity contribution in [3.8, 4) is 0 Å². The van der Waals surface area contributed by atoms with Gasteiger partial charge in [-0.05, 0) is 31.2 Å². The third-order valence-electron chi connectivity index (χ3n) is 5.57. The molecule has 0 spiro atoms. The minimum Gasteiger partial charge on any atom is -0.414 e. The number of amides is 2. The zero-order chi connectivity index (χ0) is 24.7. The molecule has 0 saturated carbocycles. The van der Waals surface area contributed by atoms with E-state index in [-0.39, 0.29) is 18.4 Å². The third-order valence-corrected chi connectivity index (χ3v) is 6.08. The largest absolute Gasteiger partial charge is 0.414 e. The van der Waals surface area contributed by atoms with E-state index in [2.05, 4.69) is 49.9 Å². The number of unbranched alkanes of at least 4 members (excludes halogenated alkanes) is 6. The molecule has 0 saturated heterocycles. The van der Waals surface area contributed by atoms with Crippen LogP contribution in [0.2, 0.25) is 0 Å². The molecule has 0 fully saturated rings. The molecule has 2 amide bonds. The van der Waals surface area contributed by atoms with Crippen molar-refractivity contribution in [3.05, 3.63) is 66.3 Å². The first-order chi connectivity index (χ1) is 17.2. The first kappa shape index (κ1) is 26.4. The molecular formula is C26H34N5O3S+. The van der Waals surface area contributed by atoms with Crippen LogP contribution < -0.4 is 15.2 Å². The Bertz CT molecular complexity index is 1060. The SMILES string of the molecule is CSc1nnc(CNC(=O)c2ccccc2NC(=O)CCCCCCCCC[n+]2ccccc2)o1. The average Bonchev–Trinajstić information content (AvgIpc) is 3.35. The Hall–Kier alpha value is -3.20. The molecule has 2 aromatic heterocycles. The summed E-state index contributed by atoms with van der Waals surface area (Å²) in [6.45, 7) is 1.19. The molecule has 0 aliphatic heterocycles. The molecule has 0 radical (unpaired) electrons. The van der Waals surface area contributed by atoms with Crippen molar-refractivity contribution in [2.45, 2.75) is 69.7 Å². The standard InChI is InChI=1S/C26H33N5O3S/c1-35-26-30-29-24(34-26)20-27-25(33)21-14-9-10-15-22(21)28-23(32)16-8-5-3-2-4-6-11-17-31-18-12-7-13-19-31/h7,9-10,12-15,18-19H,2-6,8,11,16-17,20H2,1H3,(H-,27,28,32,33)/p+1. The van der Waals surface area contributed by atoms with Gasteiger partial charge in [-0.2, -0.15) is 0 Å². The molecule has 186 valence electrons. The predicted molar refractivity (Wildman–Crippen MR) is 136 cm³/mol. The number of hydrogen-bond donors (Lipinski definition) is 2. The van der Waals surface area contributed by atoms with Gasteiger partial charge < -0.3 is 15.1 Å². The number of aromatic nitrogens is 3. The minimum absolute atomic E-state index is 0.0772. The number of anilines is 1. The molecule has 2 N–H and O–H groups in total. The third kappa shape index (κ3) is 9.52. The van der Waals surface area contributed by atoms with Gasteiger partial charge in [0, 0.05) is 25.0 Å². The fraction of sp³-hybridized carbons (Fsp3) is 0.423. The van der Waals surface area contributed by atoms with Gasteiger partial charge in [0.05, 0.1) is 17.8 Å². The van der Waals surface area contributed by atoms with Gasteiger partial charge in [0.25, 0.3) is 11.1 Å². The van der Waals surface area contributed by atoms with Crippen molar-refractivity contribution in [2.75, 3.05) is 11.6 Å². The molecule has 0 unspecified atom stereocenters.